The van der Waals surface area contributed by atoms with Crippen molar-refractivity contribution >= 4 is 29.9 Å². The minimum Gasteiger partial charge on any atom is -0.488 e. The molecule has 1 aliphatic heterocycles. The number of pyridine rings is 1. The molecule has 0 saturated heterocycles. The third kappa shape index (κ3) is 6.54. The van der Waals surface area contributed by atoms with E-state index in [1.54, 1.807) is 0 Å². The lowest BCUT2D eigenvalue weighted by atomic mass is 10.1. The monoisotopic (exact) mass is 496 g/mol. The van der Waals surface area contributed by atoms with Gasteiger partial charge in [0, 0.05) is 25.2 Å². The molecule has 1 atom stereocenters. The largest absolute Gasteiger partial charge is 0.488 e. The van der Waals surface area contributed by atoms with Crippen LogP contribution < -0.4 is 20.1 Å². The minimum absolute atomic E-state index is 0. The van der Waals surface area contributed by atoms with Crippen molar-refractivity contribution < 1.29 is 9.47 Å². The summed E-state index contributed by atoms with van der Waals surface area (Å²) in [6.45, 7) is 8.09. The molecule has 0 spiro atoms. The summed E-state index contributed by atoms with van der Waals surface area (Å²) in [7, 11) is 0. The number of hydrogen-bond donors (Lipinski definition) is 2. The Balaban J connectivity index is 0.00000280. The first kappa shape index (κ1) is 22.3. The number of aliphatic imine (C=N–C) groups is 1. The highest BCUT2D eigenvalue weighted by atomic mass is 127. The van der Waals surface area contributed by atoms with Crippen molar-refractivity contribution in [3.8, 4) is 11.6 Å². The van der Waals surface area contributed by atoms with E-state index in [-0.39, 0.29) is 36.2 Å². The van der Waals surface area contributed by atoms with Crippen LogP contribution in [0.3, 0.4) is 0 Å². The number of fused-ring (bicyclic) bond motifs is 1. The molecule has 152 valence electrons. The van der Waals surface area contributed by atoms with Crippen molar-refractivity contribution in [2.45, 2.75) is 45.9 Å². The number of guanidine groups is 1. The van der Waals surface area contributed by atoms with Gasteiger partial charge in [-0.3, -0.25) is 0 Å². The van der Waals surface area contributed by atoms with E-state index in [1.807, 2.05) is 44.3 Å². The van der Waals surface area contributed by atoms with Crippen LogP contribution in [-0.2, 0) is 13.0 Å². The summed E-state index contributed by atoms with van der Waals surface area (Å²) in [6, 6.07) is 12.1. The third-order valence-electron chi connectivity index (χ3n) is 4.13. The first-order chi connectivity index (χ1) is 13.1. The van der Waals surface area contributed by atoms with Gasteiger partial charge in [0.15, 0.2) is 5.96 Å². The van der Waals surface area contributed by atoms with Gasteiger partial charge in [-0.1, -0.05) is 24.3 Å². The maximum Gasteiger partial charge on any atom is 0.213 e. The van der Waals surface area contributed by atoms with E-state index < -0.39 is 0 Å². The molecule has 0 radical (unpaired) electrons. The van der Waals surface area contributed by atoms with Gasteiger partial charge in [0.2, 0.25) is 5.88 Å². The number of ether oxygens (including phenoxy) is 2. The Morgan fingerprint density at radius 2 is 2.07 bits per heavy atom. The molecule has 1 unspecified atom stereocenters. The number of halogens is 1. The van der Waals surface area contributed by atoms with Gasteiger partial charge in [0.05, 0.1) is 19.2 Å². The Morgan fingerprint density at radius 3 is 2.75 bits per heavy atom. The molecule has 0 fully saturated rings. The van der Waals surface area contributed by atoms with Gasteiger partial charge in [-0.2, -0.15) is 0 Å². The average Bonchev–Trinajstić information content (AvgIpc) is 3.08. The Kier molecular flexibility index (Phi) is 8.82. The zero-order chi connectivity index (χ0) is 19.1. The molecule has 28 heavy (non-hydrogen) atoms. The van der Waals surface area contributed by atoms with Gasteiger partial charge in [0.25, 0.3) is 0 Å². The van der Waals surface area contributed by atoms with Crippen molar-refractivity contribution in [2.24, 2.45) is 4.99 Å². The molecule has 3 rings (SSSR count). The van der Waals surface area contributed by atoms with Gasteiger partial charge >= 0.3 is 0 Å². The predicted molar refractivity (Wildman–Crippen MR) is 123 cm³/mol. The molecule has 0 amide bonds. The van der Waals surface area contributed by atoms with Crippen LogP contribution in [-0.4, -0.2) is 36.2 Å². The summed E-state index contributed by atoms with van der Waals surface area (Å²) in [6.07, 6.45) is 2.97. The van der Waals surface area contributed by atoms with Crippen molar-refractivity contribution in [2.75, 3.05) is 13.1 Å². The quantitative estimate of drug-likeness (QED) is 0.349. The molecule has 1 aromatic carbocycles. The second-order valence-electron chi connectivity index (χ2n) is 6.80. The normalized spacial score (nSPS) is 15.4. The number of aromatic nitrogens is 1. The fourth-order valence-corrected chi connectivity index (χ4v) is 2.91. The fourth-order valence-electron chi connectivity index (χ4n) is 2.91. The SMILES string of the molecule is CCNC(=NCc1ccc(OC(C)C)nc1)NCC1Cc2ccccc2O1.I. The molecular formula is C21H29IN4O2. The van der Waals surface area contributed by atoms with E-state index in [0.29, 0.717) is 19.0 Å². The number of nitrogens with one attached hydrogen (secondary N) is 2. The Labute approximate surface area is 184 Å². The van der Waals surface area contributed by atoms with E-state index in [0.717, 1.165) is 30.2 Å². The van der Waals surface area contributed by atoms with Crippen LogP contribution in [0.4, 0.5) is 0 Å². The van der Waals surface area contributed by atoms with Gasteiger partial charge in [-0.15, -0.1) is 24.0 Å². The zero-order valence-electron chi connectivity index (χ0n) is 16.6. The highest BCUT2D eigenvalue weighted by Crippen LogP contribution is 2.27. The van der Waals surface area contributed by atoms with Crippen LogP contribution >= 0.6 is 24.0 Å². The number of rotatable bonds is 7. The summed E-state index contributed by atoms with van der Waals surface area (Å²) >= 11 is 0. The lowest BCUT2D eigenvalue weighted by Crippen LogP contribution is -2.42. The van der Waals surface area contributed by atoms with Crippen LogP contribution in [0, 0.1) is 0 Å². The summed E-state index contributed by atoms with van der Waals surface area (Å²) in [4.78, 5) is 8.96. The Hall–Kier alpha value is -2.03. The van der Waals surface area contributed by atoms with E-state index in [2.05, 4.69) is 39.7 Å². The maximum absolute atomic E-state index is 5.97. The molecule has 7 heteroatoms. The zero-order valence-corrected chi connectivity index (χ0v) is 19.0. The predicted octanol–water partition coefficient (Wildman–Crippen LogP) is 3.55. The Bertz CT molecular complexity index is 740. The highest BCUT2D eigenvalue weighted by Gasteiger charge is 2.22. The molecule has 2 N–H and O–H groups in total. The fraction of sp³-hybridized carbons (Fsp3) is 0.429. The molecule has 0 saturated carbocycles. The highest BCUT2D eigenvalue weighted by molar-refractivity contribution is 14.0. The standard InChI is InChI=1S/C21H28N4O2.HI/c1-4-22-21(24-13-16-9-10-20(23-12-16)26-15(2)3)25-14-18-11-17-7-5-6-8-19(17)27-18;/h5-10,12,15,18H,4,11,13-14H2,1-3H3,(H2,22,24,25);1H. The van der Waals surface area contributed by atoms with Gasteiger partial charge in [0.1, 0.15) is 11.9 Å². The number of nitrogens with zero attached hydrogens (tertiary/aromatic N) is 2. The first-order valence-corrected chi connectivity index (χ1v) is 9.52. The topological polar surface area (TPSA) is 67.8 Å². The average molecular weight is 496 g/mol. The molecule has 2 aromatic rings. The second kappa shape index (κ2) is 11.1. The van der Waals surface area contributed by atoms with Crippen molar-refractivity contribution in [3.63, 3.8) is 0 Å². The first-order valence-electron chi connectivity index (χ1n) is 9.52. The van der Waals surface area contributed by atoms with Crippen LogP contribution in [0.1, 0.15) is 31.9 Å². The number of benzene rings is 1. The minimum atomic E-state index is 0. The summed E-state index contributed by atoms with van der Waals surface area (Å²) in [5, 5.41) is 6.65. The van der Waals surface area contributed by atoms with E-state index in [9.17, 15) is 0 Å². The molecule has 1 aromatic heterocycles. The summed E-state index contributed by atoms with van der Waals surface area (Å²) in [5.41, 5.74) is 2.30. The summed E-state index contributed by atoms with van der Waals surface area (Å²) in [5.74, 6) is 2.40. The molecule has 0 aliphatic carbocycles. The third-order valence-corrected chi connectivity index (χ3v) is 4.13. The molecule has 1 aliphatic rings. The van der Waals surface area contributed by atoms with Crippen molar-refractivity contribution in [1.29, 1.82) is 0 Å². The van der Waals surface area contributed by atoms with Gasteiger partial charge < -0.3 is 20.1 Å². The van der Waals surface area contributed by atoms with Crippen molar-refractivity contribution in [3.05, 3.63) is 53.7 Å². The van der Waals surface area contributed by atoms with Crippen LogP contribution in [0.2, 0.25) is 0 Å². The van der Waals surface area contributed by atoms with Crippen LogP contribution in [0.15, 0.2) is 47.6 Å². The number of hydrogen-bond acceptors (Lipinski definition) is 4. The smallest absolute Gasteiger partial charge is 0.213 e. The summed E-state index contributed by atoms with van der Waals surface area (Å²) < 4.78 is 11.5. The lowest BCUT2D eigenvalue weighted by Gasteiger charge is -2.15. The molecule has 2 heterocycles. The van der Waals surface area contributed by atoms with E-state index >= 15 is 0 Å². The van der Waals surface area contributed by atoms with Gasteiger partial charge in [-0.25, -0.2) is 9.98 Å². The molecule has 0 bridgehead atoms. The number of para-hydroxylation sites is 1. The van der Waals surface area contributed by atoms with Gasteiger partial charge in [-0.05, 0) is 38.0 Å². The maximum atomic E-state index is 5.97. The molecular weight excluding hydrogens is 467 g/mol. The van der Waals surface area contributed by atoms with Crippen LogP contribution in [0.25, 0.3) is 0 Å². The second-order valence-corrected chi connectivity index (χ2v) is 6.80. The van der Waals surface area contributed by atoms with Crippen molar-refractivity contribution in [1.82, 2.24) is 15.6 Å². The molecule has 6 nitrogen and oxygen atoms in total. The van der Waals surface area contributed by atoms with Crippen LogP contribution in [0.5, 0.6) is 11.6 Å². The van der Waals surface area contributed by atoms with E-state index in [1.165, 1.54) is 5.56 Å². The lowest BCUT2D eigenvalue weighted by molar-refractivity contribution is 0.232. The van der Waals surface area contributed by atoms with E-state index in [4.69, 9.17) is 9.47 Å². The Morgan fingerprint density at radius 1 is 1.25 bits per heavy atom.